The second kappa shape index (κ2) is 7.76. The number of aromatic nitrogens is 2. The monoisotopic (exact) mass is 360 g/mol. The number of hydrogen-bond acceptors (Lipinski definition) is 3. The fourth-order valence-corrected chi connectivity index (χ4v) is 3.71. The minimum absolute atomic E-state index is 0.0687. The number of amides is 1. The van der Waals surface area contributed by atoms with Gasteiger partial charge in [0.1, 0.15) is 5.82 Å². The van der Waals surface area contributed by atoms with Gasteiger partial charge in [-0.1, -0.05) is 30.3 Å². The van der Waals surface area contributed by atoms with Crippen LogP contribution in [0.15, 0.2) is 67.0 Å². The summed E-state index contributed by atoms with van der Waals surface area (Å²) in [7, 11) is 0. The number of aryl methyl sites for hydroxylation is 1. The molecule has 4 rings (SSSR count). The van der Waals surface area contributed by atoms with Crippen LogP contribution in [0, 0.1) is 6.92 Å². The average Bonchev–Trinajstić information content (AvgIpc) is 3.32. The van der Waals surface area contributed by atoms with Crippen LogP contribution in [0.25, 0.3) is 5.69 Å². The summed E-state index contributed by atoms with van der Waals surface area (Å²) in [5.41, 5.74) is 3.11. The van der Waals surface area contributed by atoms with E-state index in [0.29, 0.717) is 0 Å². The van der Waals surface area contributed by atoms with Crippen LogP contribution in [0.5, 0.6) is 0 Å². The van der Waals surface area contributed by atoms with Gasteiger partial charge in [-0.25, -0.2) is 4.98 Å². The summed E-state index contributed by atoms with van der Waals surface area (Å²) in [4.78, 5) is 19.3. The molecule has 138 valence electrons. The first-order valence-corrected chi connectivity index (χ1v) is 9.40. The van der Waals surface area contributed by atoms with Crippen LogP contribution in [0.3, 0.4) is 0 Å². The molecule has 0 radical (unpaired) electrons. The summed E-state index contributed by atoms with van der Waals surface area (Å²) >= 11 is 0. The van der Waals surface area contributed by atoms with E-state index in [1.54, 1.807) is 6.20 Å². The van der Waals surface area contributed by atoms with Gasteiger partial charge < -0.3 is 9.88 Å². The Labute approximate surface area is 159 Å². The molecule has 0 bridgehead atoms. The molecule has 5 heteroatoms. The molecule has 1 fully saturated rings. The number of benzene rings is 2. The Bertz CT molecular complexity index is 902. The van der Waals surface area contributed by atoms with E-state index in [1.807, 2.05) is 60.2 Å². The molecule has 1 aromatic heterocycles. The first-order valence-electron chi connectivity index (χ1n) is 9.40. The number of carbonyl (C=O) groups is 1. The average molecular weight is 360 g/mol. The molecule has 1 amide bonds. The van der Waals surface area contributed by atoms with Crippen molar-refractivity contribution >= 4 is 11.6 Å². The van der Waals surface area contributed by atoms with Gasteiger partial charge in [0.25, 0.3) is 0 Å². The van der Waals surface area contributed by atoms with Gasteiger partial charge >= 0.3 is 0 Å². The molecule has 0 aliphatic carbocycles. The molecule has 0 saturated carbocycles. The molecule has 5 nitrogen and oxygen atoms in total. The molecule has 3 aromatic rings. The number of nitrogens with zero attached hydrogens (tertiary/aromatic N) is 3. The van der Waals surface area contributed by atoms with Crippen LogP contribution in [-0.4, -0.2) is 32.9 Å². The number of likely N-dealkylation sites (tertiary alicyclic amines) is 1. The molecule has 1 aliphatic heterocycles. The quantitative estimate of drug-likeness (QED) is 0.753. The van der Waals surface area contributed by atoms with Gasteiger partial charge in [-0.2, -0.15) is 0 Å². The Morgan fingerprint density at radius 1 is 1.15 bits per heavy atom. The predicted molar refractivity (Wildman–Crippen MR) is 107 cm³/mol. The molecular formula is C22H24N4O. The number of carbonyl (C=O) groups excluding carboxylic acids is 1. The van der Waals surface area contributed by atoms with E-state index in [9.17, 15) is 4.79 Å². The standard InChI is InChI=1S/C22H24N4O/c1-17-23-13-15-26(17)20-11-9-19(10-12-20)24-22(27)21-8-5-14-25(21)16-18-6-3-2-4-7-18/h2-4,6-7,9-13,15,21H,5,8,14,16H2,1H3,(H,24,27)/t21-/m1/s1. The highest BCUT2D eigenvalue weighted by Gasteiger charge is 2.30. The maximum atomic E-state index is 12.8. The van der Waals surface area contributed by atoms with Gasteiger partial charge in [-0.3, -0.25) is 9.69 Å². The second-order valence-corrected chi connectivity index (χ2v) is 6.99. The van der Waals surface area contributed by atoms with Crippen molar-refractivity contribution in [3.8, 4) is 5.69 Å². The summed E-state index contributed by atoms with van der Waals surface area (Å²) < 4.78 is 2.02. The Kier molecular flexibility index (Phi) is 5.03. The van der Waals surface area contributed by atoms with Gasteiger partial charge in [0.15, 0.2) is 0 Å². The van der Waals surface area contributed by atoms with Crippen LogP contribution in [0.2, 0.25) is 0 Å². The Morgan fingerprint density at radius 3 is 2.63 bits per heavy atom. The Morgan fingerprint density at radius 2 is 1.93 bits per heavy atom. The van der Waals surface area contributed by atoms with E-state index in [2.05, 4.69) is 27.3 Å². The fraction of sp³-hybridized carbons (Fsp3) is 0.273. The highest BCUT2D eigenvalue weighted by molar-refractivity contribution is 5.95. The van der Waals surface area contributed by atoms with Crippen molar-refractivity contribution in [1.29, 1.82) is 0 Å². The van der Waals surface area contributed by atoms with Crippen molar-refractivity contribution in [2.24, 2.45) is 0 Å². The fourth-order valence-electron chi connectivity index (χ4n) is 3.71. The van der Waals surface area contributed by atoms with Crippen LogP contribution >= 0.6 is 0 Å². The molecule has 1 aliphatic rings. The molecule has 2 heterocycles. The van der Waals surface area contributed by atoms with E-state index in [1.165, 1.54) is 5.56 Å². The van der Waals surface area contributed by atoms with E-state index < -0.39 is 0 Å². The molecule has 0 spiro atoms. The lowest BCUT2D eigenvalue weighted by atomic mass is 10.1. The van der Waals surface area contributed by atoms with Gasteiger partial charge in [0, 0.05) is 30.3 Å². The smallest absolute Gasteiger partial charge is 0.241 e. The Balaban J connectivity index is 1.41. The zero-order valence-corrected chi connectivity index (χ0v) is 15.5. The largest absolute Gasteiger partial charge is 0.325 e. The lowest BCUT2D eigenvalue weighted by Gasteiger charge is -2.23. The zero-order chi connectivity index (χ0) is 18.6. The van der Waals surface area contributed by atoms with Crippen LogP contribution < -0.4 is 5.32 Å². The topological polar surface area (TPSA) is 50.2 Å². The SMILES string of the molecule is Cc1nccn1-c1ccc(NC(=O)[C@H]2CCCN2Cc2ccccc2)cc1. The summed E-state index contributed by atoms with van der Waals surface area (Å²) in [5.74, 6) is 1.02. The third-order valence-electron chi connectivity index (χ3n) is 5.13. The van der Waals surface area contributed by atoms with Crippen LogP contribution in [0.4, 0.5) is 5.69 Å². The number of anilines is 1. The van der Waals surface area contributed by atoms with E-state index in [4.69, 9.17) is 0 Å². The van der Waals surface area contributed by atoms with Gasteiger partial charge in [-0.15, -0.1) is 0 Å². The number of hydrogen-bond donors (Lipinski definition) is 1. The summed E-state index contributed by atoms with van der Waals surface area (Å²) in [6.45, 7) is 3.75. The lowest BCUT2D eigenvalue weighted by molar-refractivity contribution is -0.120. The van der Waals surface area contributed by atoms with Gasteiger partial charge in [-0.05, 0) is 56.1 Å². The minimum atomic E-state index is -0.0687. The predicted octanol–water partition coefficient (Wildman–Crippen LogP) is 3.78. The third-order valence-corrected chi connectivity index (χ3v) is 5.13. The van der Waals surface area contributed by atoms with Crippen molar-refractivity contribution in [2.45, 2.75) is 32.4 Å². The maximum absolute atomic E-state index is 12.8. The highest BCUT2D eigenvalue weighted by atomic mass is 16.2. The second-order valence-electron chi connectivity index (χ2n) is 6.99. The maximum Gasteiger partial charge on any atom is 0.241 e. The highest BCUT2D eigenvalue weighted by Crippen LogP contribution is 2.22. The molecule has 2 aromatic carbocycles. The molecular weight excluding hydrogens is 336 g/mol. The van der Waals surface area contributed by atoms with E-state index in [-0.39, 0.29) is 11.9 Å². The normalized spacial score (nSPS) is 17.1. The first-order chi connectivity index (χ1) is 13.2. The van der Waals surface area contributed by atoms with Crippen molar-refractivity contribution in [1.82, 2.24) is 14.5 Å². The third kappa shape index (κ3) is 3.93. The van der Waals surface area contributed by atoms with Crippen LogP contribution in [-0.2, 0) is 11.3 Å². The zero-order valence-electron chi connectivity index (χ0n) is 15.5. The number of imidazole rings is 1. The molecule has 1 saturated heterocycles. The molecule has 27 heavy (non-hydrogen) atoms. The van der Waals surface area contributed by atoms with Gasteiger partial charge in [0.05, 0.1) is 6.04 Å². The van der Waals surface area contributed by atoms with Crippen LogP contribution in [0.1, 0.15) is 24.2 Å². The van der Waals surface area contributed by atoms with E-state index in [0.717, 1.165) is 43.1 Å². The first kappa shape index (κ1) is 17.5. The number of nitrogens with one attached hydrogen (secondary N) is 1. The molecule has 1 N–H and O–H groups in total. The van der Waals surface area contributed by atoms with Crippen molar-refractivity contribution < 1.29 is 4.79 Å². The van der Waals surface area contributed by atoms with Crippen molar-refractivity contribution in [3.05, 3.63) is 78.4 Å². The van der Waals surface area contributed by atoms with Gasteiger partial charge in [0.2, 0.25) is 5.91 Å². The van der Waals surface area contributed by atoms with Crippen molar-refractivity contribution in [2.75, 3.05) is 11.9 Å². The molecule has 1 atom stereocenters. The lowest BCUT2D eigenvalue weighted by Crippen LogP contribution is -2.39. The number of rotatable bonds is 5. The molecule has 0 unspecified atom stereocenters. The summed E-state index contributed by atoms with van der Waals surface area (Å²) in [6, 6.07) is 18.2. The van der Waals surface area contributed by atoms with Crippen molar-refractivity contribution in [3.63, 3.8) is 0 Å². The minimum Gasteiger partial charge on any atom is -0.325 e. The van der Waals surface area contributed by atoms with E-state index >= 15 is 0 Å². The Hall–Kier alpha value is -2.92. The summed E-state index contributed by atoms with van der Waals surface area (Å²) in [6.07, 6.45) is 5.68. The summed E-state index contributed by atoms with van der Waals surface area (Å²) in [5, 5.41) is 3.08.